The van der Waals surface area contributed by atoms with Gasteiger partial charge < -0.3 is 10.4 Å². The lowest BCUT2D eigenvalue weighted by molar-refractivity contribution is -0.141. The molecule has 4 nitrogen and oxygen atoms in total. The number of rotatable bonds is 8. The molecule has 0 heterocycles. The van der Waals surface area contributed by atoms with Crippen molar-refractivity contribution in [3.63, 3.8) is 0 Å². The smallest absolute Gasteiger partial charge is 0.326 e. The van der Waals surface area contributed by atoms with Crippen molar-refractivity contribution < 1.29 is 19.1 Å². The Morgan fingerprint density at radius 3 is 2.55 bits per heavy atom. The van der Waals surface area contributed by atoms with Crippen LogP contribution in [0.5, 0.6) is 0 Å². The second kappa shape index (κ2) is 8.58. The summed E-state index contributed by atoms with van der Waals surface area (Å²) in [6.07, 6.45) is 2.06. The molecule has 0 aliphatic rings. The molecular formula is C14H18FNO3S. The highest BCUT2D eigenvalue weighted by Crippen LogP contribution is 2.17. The van der Waals surface area contributed by atoms with E-state index in [0.717, 1.165) is 17.7 Å². The van der Waals surface area contributed by atoms with Crippen LogP contribution in [0.3, 0.4) is 0 Å². The summed E-state index contributed by atoms with van der Waals surface area (Å²) in [6, 6.07) is 4.97. The van der Waals surface area contributed by atoms with Crippen molar-refractivity contribution >= 4 is 23.6 Å². The molecule has 2 N–H and O–H groups in total. The predicted molar refractivity (Wildman–Crippen MR) is 76.2 cm³/mol. The second-order valence-electron chi connectivity index (χ2n) is 4.34. The molecule has 0 saturated heterocycles. The van der Waals surface area contributed by atoms with Gasteiger partial charge in [0.2, 0.25) is 5.91 Å². The lowest BCUT2D eigenvalue weighted by Crippen LogP contribution is -2.41. The van der Waals surface area contributed by atoms with Crippen LogP contribution < -0.4 is 5.32 Å². The molecule has 1 atom stereocenters. The van der Waals surface area contributed by atoms with E-state index in [9.17, 15) is 14.0 Å². The molecule has 0 bridgehead atoms. The van der Waals surface area contributed by atoms with Crippen molar-refractivity contribution in [3.8, 4) is 0 Å². The summed E-state index contributed by atoms with van der Waals surface area (Å²) in [5.41, 5.74) is 0. The molecule has 0 saturated carbocycles. The standard InChI is InChI=1S/C14H18FNO3S/c1-2-3-4-12(14(18)19)16-13(17)9-20-11-7-5-10(15)6-8-11/h5-8,12H,2-4,9H2,1H3,(H,16,17)(H,18,19)/t12-/m0/s1. The first-order valence-corrected chi connectivity index (χ1v) is 7.42. The van der Waals surface area contributed by atoms with Crippen molar-refractivity contribution in [1.29, 1.82) is 0 Å². The Bertz CT molecular complexity index is 450. The van der Waals surface area contributed by atoms with Gasteiger partial charge >= 0.3 is 5.97 Å². The summed E-state index contributed by atoms with van der Waals surface area (Å²) >= 11 is 1.24. The minimum absolute atomic E-state index is 0.113. The zero-order valence-electron chi connectivity index (χ0n) is 11.3. The molecule has 0 fully saturated rings. The molecule has 1 aromatic carbocycles. The van der Waals surface area contributed by atoms with Crippen LogP contribution in [0, 0.1) is 5.82 Å². The number of carbonyl (C=O) groups excluding carboxylic acids is 1. The SMILES string of the molecule is CCCC[C@H](NC(=O)CSc1ccc(F)cc1)C(=O)O. The van der Waals surface area contributed by atoms with Crippen molar-refractivity contribution in [1.82, 2.24) is 5.32 Å². The van der Waals surface area contributed by atoms with Gasteiger partial charge in [-0.3, -0.25) is 4.79 Å². The van der Waals surface area contributed by atoms with E-state index in [0.29, 0.717) is 6.42 Å². The third-order valence-corrected chi connectivity index (χ3v) is 3.68. The number of benzene rings is 1. The highest BCUT2D eigenvalue weighted by molar-refractivity contribution is 8.00. The van der Waals surface area contributed by atoms with E-state index in [1.54, 1.807) is 12.1 Å². The van der Waals surface area contributed by atoms with E-state index >= 15 is 0 Å². The molecule has 1 aromatic rings. The van der Waals surface area contributed by atoms with Crippen LogP contribution in [0.1, 0.15) is 26.2 Å². The summed E-state index contributed by atoms with van der Waals surface area (Å²) in [5.74, 6) is -1.56. The molecule has 0 unspecified atom stereocenters. The normalized spacial score (nSPS) is 11.9. The number of hydrogen-bond acceptors (Lipinski definition) is 3. The third kappa shape index (κ3) is 6.06. The van der Waals surface area contributed by atoms with Gasteiger partial charge in [-0.15, -0.1) is 11.8 Å². The highest BCUT2D eigenvalue weighted by Gasteiger charge is 2.18. The fourth-order valence-corrected chi connectivity index (χ4v) is 2.29. The summed E-state index contributed by atoms with van der Waals surface area (Å²) in [4.78, 5) is 23.4. The maximum Gasteiger partial charge on any atom is 0.326 e. The summed E-state index contributed by atoms with van der Waals surface area (Å²) in [7, 11) is 0. The van der Waals surface area contributed by atoms with Crippen LogP contribution in [0.4, 0.5) is 4.39 Å². The number of carboxylic acids is 1. The van der Waals surface area contributed by atoms with Gasteiger partial charge in [0.05, 0.1) is 5.75 Å². The molecule has 20 heavy (non-hydrogen) atoms. The average molecular weight is 299 g/mol. The maximum absolute atomic E-state index is 12.7. The highest BCUT2D eigenvalue weighted by atomic mass is 32.2. The van der Waals surface area contributed by atoms with E-state index < -0.39 is 12.0 Å². The number of hydrogen-bond donors (Lipinski definition) is 2. The zero-order valence-corrected chi connectivity index (χ0v) is 12.1. The molecule has 1 rings (SSSR count). The zero-order chi connectivity index (χ0) is 15.0. The van der Waals surface area contributed by atoms with Crippen LogP contribution in [0.25, 0.3) is 0 Å². The molecule has 6 heteroatoms. The summed E-state index contributed by atoms with van der Waals surface area (Å²) in [6.45, 7) is 1.96. The first-order valence-electron chi connectivity index (χ1n) is 6.43. The van der Waals surface area contributed by atoms with Crippen LogP contribution in [-0.4, -0.2) is 28.8 Å². The topological polar surface area (TPSA) is 66.4 Å². The predicted octanol–water partition coefficient (Wildman–Crippen LogP) is 2.68. The van der Waals surface area contributed by atoms with E-state index in [1.807, 2.05) is 6.92 Å². The fourth-order valence-electron chi connectivity index (χ4n) is 1.58. The van der Waals surface area contributed by atoms with Crippen LogP contribution in [0.15, 0.2) is 29.2 Å². The molecule has 0 spiro atoms. The third-order valence-electron chi connectivity index (χ3n) is 2.66. The van der Waals surface area contributed by atoms with E-state index in [-0.39, 0.29) is 17.5 Å². The Morgan fingerprint density at radius 1 is 1.35 bits per heavy atom. The molecule has 110 valence electrons. The molecular weight excluding hydrogens is 281 g/mol. The van der Waals surface area contributed by atoms with Crippen LogP contribution >= 0.6 is 11.8 Å². The monoisotopic (exact) mass is 299 g/mol. The van der Waals surface area contributed by atoms with Gasteiger partial charge in [0.15, 0.2) is 0 Å². The molecule has 0 aliphatic carbocycles. The minimum atomic E-state index is -1.02. The number of unbranched alkanes of at least 4 members (excludes halogenated alkanes) is 1. The van der Waals surface area contributed by atoms with Crippen molar-refractivity contribution in [2.24, 2.45) is 0 Å². The van der Waals surface area contributed by atoms with E-state index in [4.69, 9.17) is 5.11 Å². The number of halogens is 1. The van der Waals surface area contributed by atoms with Gasteiger partial charge in [0, 0.05) is 4.90 Å². The van der Waals surface area contributed by atoms with Crippen molar-refractivity contribution in [2.75, 3.05) is 5.75 Å². The Labute approximate surface area is 121 Å². The van der Waals surface area contributed by atoms with Crippen molar-refractivity contribution in [3.05, 3.63) is 30.1 Å². The number of nitrogens with one attached hydrogen (secondary N) is 1. The number of amides is 1. The largest absolute Gasteiger partial charge is 0.480 e. The molecule has 0 radical (unpaired) electrons. The van der Waals surface area contributed by atoms with Crippen LogP contribution in [-0.2, 0) is 9.59 Å². The van der Waals surface area contributed by atoms with E-state index in [1.165, 1.54) is 23.9 Å². The maximum atomic E-state index is 12.7. The number of aliphatic carboxylic acids is 1. The average Bonchev–Trinajstić information content (AvgIpc) is 2.42. The Balaban J connectivity index is 2.41. The number of carboxylic acid groups (broad SMARTS) is 1. The van der Waals surface area contributed by atoms with Gasteiger partial charge in [-0.25, -0.2) is 9.18 Å². The van der Waals surface area contributed by atoms with Gasteiger partial charge in [0.25, 0.3) is 0 Å². The first kappa shape index (κ1) is 16.5. The van der Waals surface area contributed by atoms with Crippen LogP contribution in [0.2, 0.25) is 0 Å². The number of carbonyl (C=O) groups is 2. The fraction of sp³-hybridized carbons (Fsp3) is 0.429. The summed E-state index contributed by atoms with van der Waals surface area (Å²) < 4.78 is 12.7. The minimum Gasteiger partial charge on any atom is -0.480 e. The molecule has 0 aromatic heterocycles. The van der Waals surface area contributed by atoms with E-state index in [2.05, 4.69) is 5.32 Å². The first-order chi connectivity index (χ1) is 9.52. The Hall–Kier alpha value is -1.56. The quantitative estimate of drug-likeness (QED) is 0.724. The Morgan fingerprint density at radius 2 is 2.00 bits per heavy atom. The Kier molecular flexibility index (Phi) is 7.08. The lowest BCUT2D eigenvalue weighted by Gasteiger charge is -2.13. The van der Waals surface area contributed by atoms with Gasteiger partial charge in [-0.1, -0.05) is 19.8 Å². The van der Waals surface area contributed by atoms with Gasteiger partial charge in [-0.2, -0.15) is 0 Å². The molecule has 0 aliphatic heterocycles. The van der Waals surface area contributed by atoms with Gasteiger partial charge in [-0.05, 0) is 30.7 Å². The lowest BCUT2D eigenvalue weighted by atomic mass is 10.1. The second-order valence-corrected chi connectivity index (χ2v) is 5.39. The number of thioether (sulfide) groups is 1. The molecule has 1 amide bonds. The van der Waals surface area contributed by atoms with Crippen molar-refractivity contribution in [2.45, 2.75) is 37.1 Å². The van der Waals surface area contributed by atoms with Gasteiger partial charge in [0.1, 0.15) is 11.9 Å². The summed E-state index contributed by atoms with van der Waals surface area (Å²) in [5, 5.41) is 11.5.